The minimum Gasteiger partial charge on any atom is -0.476 e. The Morgan fingerprint density at radius 2 is 2.55 bits per heavy atom. The van der Waals surface area contributed by atoms with Crippen LogP contribution in [0.25, 0.3) is 11.1 Å². The number of aromatic nitrogens is 2. The van der Waals surface area contributed by atoms with Crippen LogP contribution in [0.2, 0.25) is 0 Å². The van der Waals surface area contributed by atoms with Crippen molar-refractivity contribution in [3.05, 3.63) is 18.0 Å². The van der Waals surface area contributed by atoms with Crippen molar-refractivity contribution in [2.45, 2.75) is 0 Å². The number of hydrogen-bond acceptors (Lipinski definition) is 3. The third kappa shape index (κ3) is 0.706. The van der Waals surface area contributed by atoms with E-state index in [9.17, 15) is 4.79 Å². The molecule has 0 radical (unpaired) electrons. The van der Waals surface area contributed by atoms with Gasteiger partial charge >= 0.3 is 5.97 Å². The van der Waals surface area contributed by atoms with Crippen molar-refractivity contribution in [2.75, 3.05) is 0 Å². The molecule has 0 atom stereocenters. The normalized spacial score (nSPS) is 10.5. The van der Waals surface area contributed by atoms with Crippen LogP contribution in [0.1, 0.15) is 10.5 Å². The quantitative estimate of drug-likeness (QED) is 0.634. The molecule has 5 heteroatoms. The molecule has 56 valence electrons. The zero-order valence-corrected chi connectivity index (χ0v) is 5.37. The van der Waals surface area contributed by atoms with E-state index in [0.29, 0.717) is 11.1 Å². The van der Waals surface area contributed by atoms with Gasteiger partial charge in [0.2, 0.25) is 11.4 Å². The lowest BCUT2D eigenvalue weighted by molar-refractivity contribution is 0.0688. The van der Waals surface area contributed by atoms with Crippen LogP contribution in [0.5, 0.6) is 0 Å². The Hall–Kier alpha value is -1.78. The van der Waals surface area contributed by atoms with E-state index < -0.39 is 5.97 Å². The summed E-state index contributed by atoms with van der Waals surface area (Å²) in [6, 6.07) is 1.61. The Morgan fingerprint density at radius 1 is 1.73 bits per heavy atom. The van der Waals surface area contributed by atoms with Crippen LogP contribution in [-0.2, 0) is 0 Å². The van der Waals surface area contributed by atoms with Gasteiger partial charge in [0.1, 0.15) is 0 Å². The second-order valence-electron chi connectivity index (χ2n) is 2.06. The van der Waals surface area contributed by atoms with Crippen molar-refractivity contribution in [1.29, 1.82) is 0 Å². The fraction of sp³-hybridized carbons (Fsp3) is 0. The third-order valence-corrected chi connectivity index (χ3v) is 1.39. The van der Waals surface area contributed by atoms with Crippen molar-refractivity contribution in [3.8, 4) is 0 Å². The summed E-state index contributed by atoms with van der Waals surface area (Å²) in [6.45, 7) is 0. The smallest absolute Gasteiger partial charge is 0.358 e. The molecule has 11 heavy (non-hydrogen) atoms. The van der Waals surface area contributed by atoms with Crippen LogP contribution in [0, 0.1) is 0 Å². The second kappa shape index (κ2) is 1.85. The number of H-pyrrole nitrogens is 1. The van der Waals surface area contributed by atoms with E-state index in [1.807, 2.05) is 0 Å². The predicted octanol–water partition coefficient (Wildman–Crippen LogP) is 0.854. The Kier molecular flexibility index (Phi) is 1.00. The van der Waals surface area contributed by atoms with E-state index >= 15 is 0 Å². The SMILES string of the molecule is O=C(O)c1noc2[nH]ccc12. The molecule has 2 aromatic heterocycles. The fourth-order valence-corrected chi connectivity index (χ4v) is 0.911. The van der Waals surface area contributed by atoms with Gasteiger partial charge in [-0.25, -0.2) is 4.79 Å². The van der Waals surface area contributed by atoms with E-state index in [0.717, 1.165) is 0 Å². The van der Waals surface area contributed by atoms with Crippen LogP contribution in [-0.4, -0.2) is 21.2 Å². The van der Waals surface area contributed by atoms with Gasteiger partial charge in [-0.15, -0.1) is 0 Å². The molecular formula is C6H4N2O3. The fourth-order valence-electron chi connectivity index (χ4n) is 0.911. The first-order valence-corrected chi connectivity index (χ1v) is 2.95. The molecule has 0 spiro atoms. The van der Waals surface area contributed by atoms with E-state index in [-0.39, 0.29) is 5.69 Å². The number of carbonyl (C=O) groups is 1. The van der Waals surface area contributed by atoms with Crippen LogP contribution in [0.15, 0.2) is 16.8 Å². The molecule has 0 aromatic carbocycles. The van der Waals surface area contributed by atoms with Crippen molar-refractivity contribution < 1.29 is 14.4 Å². The number of carboxylic acids is 1. The Balaban J connectivity index is 2.78. The van der Waals surface area contributed by atoms with E-state index in [4.69, 9.17) is 5.11 Å². The highest BCUT2D eigenvalue weighted by Gasteiger charge is 2.14. The summed E-state index contributed by atoms with van der Waals surface area (Å²) in [7, 11) is 0. The van der Waals surface area contributed by atoms with Gasteiger partial charge in [-0.1, -0.05) is 5.16 Å². The molecule has 2 N–H and O–H groups in total. The van der Waals surface area contributed by atoms with Gasteiger partial charge in [-0.05, 0) is 6.07 Å². The minimum atomic E-state index is -1.08. The summed E-state index contributed by atoms with van der Waals surface area (Å²) in [5.41, 5.74) is 0.337. The third-order valence-electron chi connectivity index (χ3n) is 1.39. The lowest BCUT2D eigenvalue weighted by Gasteiger charge is -1.79. The topological polar surface area (TPSA) is 79.1 Å². The highest BCUT2D eigenvalue weighted by atomic mass is 16.5. The summed E-state index contributed by atoms with van der Waals surface area (Å²) >= 11 is 0. The zero-order chi connectivity index (χ0) is 7.84. The molecule has 2 aromatic rings. The summed E-state index contributed by atoms with van der Waals surface area (Å²) in [5.74, 6) is -1.08. The first-order valence-electron chi connectivity index (χ1n) is 2.95. The van der Waals surface area contributed by atoms with E-state index in [2.05, 4.69) is 14.7 Å². The van der Waals surface area contributed by atoms with Crippen LogP contribution in [0.3, 0.4) is 0 Å². The number of fused-ring (bicyclic) bond motifs is 1. The largest absolute Gasteiger partial charge is 0.476 e. The molecule has 0 fully saturated rings. The van der Waals surface area contributed by atoms with Crippen LogP contribution >= 0.6 is 0 Å². The number of hydrogen-bond donors (Lipinski definition) is 2. The van der Waals surface area contributed by atoms with Gasteiger partial charge in [0.25, 0.3) is 0 Å². The van der Waals surface area contributed by atoms with Crippen molar-refractivity contribution in [2.24, 2.45) is 0 Å². The van der Waals surface area contributed by atoms with Crippen LogP contribution in [0.4, 0.5) is 0 Å². The lowest BCUT2D eigenvalue weighted by atomic mass is 10.3. The molecule has 2 heterocycles. The van der Waals surface area contributed by atoms with Gasteiger partial charge in [-0.2, -0.15) is 0 Å². The molecule has 0 aliphatic heterocycles. The predicted molar refractivity (Wildman–Crippen MR) is 35.3 cm³/mol. The number of aromatic amines is 1. The Labute approximate surface area is 60.6 Å². The molecule has 0 saturated carbocycles. The number of rotatable bonds is 1. The monoisotopic (exact) mass is 152 g/mol. The van der Waals surface area contributed by atoms with Crippen molar-refractivity contribution in [1.82, 2.24) is 10.1 Å². The molecular weight excluding hydrogens is 148 g/mol. The number of nitrogens with one attached hydrogen (secondary N) is 1. The summed E-state index contributed by atoms with van der Waals surface area (Å²) < 4.78 is 4.66. The molecule has 0 unspecified atom stereocenters. The molecule has 0 amide bonds. The standard InChI is InChI=1S/C6H4N2O3/c9-6(10)4-3-1-2-7-5(3)11-8-4/h1-2,7H,(H,9,10). The Morgan fingerprint density at radius 3 is 3.27 bits per heavy atom. The summed E-state index contributed by atoms with van der Waals surface area (Å²) in [4.78, 5) is 13.1. The zero-order valence-electron chi connectivity index (χ0n) is 5.37. The average Bonchev–Trinajstić information content (AvgIpc) is 2.41. The number of carboxylic acid groups (broad SMARTS) is 1. The van der Waals surface area contributed by atoms with Crippen molar-refractivity contribution >= 4 is 17.1 Å². The molecule has 0 bridgehead atoms. The first kappa shape index (κ1) is 5.96. The summed E-state index contributed by atoms with van der Waals surface area (Å²) in [5, 5.41) is 12.4. The van der Waals surface area contributed by atoms with Gasteiger partial charge in [0.05, 0.1) is 5.39 Å². The molecule has 0 saturated heterocycles. The molecule has 0 aliphatic carbocycles. The molecule has 5 nitrogen and oxygen atoms in total. The van der Waals surface area contributed by atoms with Gasteiger partial charge in [0.15, 0.2) is 0 Å². The highest BCUT2D eigenvalue weighted by Crippen LogP contribution is 2.15. The van der Waals surface area contributed by atoms with Gasteiger partial charge < -0.3 is 14.6 Å². The average molecular weight is 152 g/mol. The van der Waals surface area contributed by atoms with Crippen molar-refractivity contribution in [3.63, 3.8) is 0 Å². The maximum absolute atomic E-state index is 10.4. The molecule has 0 aliphatic rings. The Bertz CT molecular complexity index is 401. The first-order chi connectivity index (χ1) is 5.29. The lowest BCUT2D eigenvalue weighted by Crippen LogP contribution is -1.95. The maximum atomic E-state index is 10.4. The number of nitrogens with zero attached hydrogens (tertiary/aromatic N) is 1. The minimum absolute atomic E-state index is 0.0544. The van der Waals surface area contributed by atoms with E-state index in [1.165, 1.54) is 0 Å². The van der Waals surface area contributed by atoms with Crippen LogP contribution < -0.4 is 0 Å². The molecule has 2 rings (SSSR count). The highest BCUT2D eigenvalue weighted by molar-refractivity contribution is 5.99. The van der Waals surface area contributed by atoms with Gasteiger partial charge in [0, 0.05) is 6.20 Å². The summed E-state index contributed by atoms with van der Waals surface area (Å²) in [6.07, 6.45) is 1.60. The van der Waals surface area contributed by atoms with Gasteiger partial charge in [-0.3, -0.25) is 0 Å². The van der Waals surface area contributed by atoms with E-state index in [1.54, 1.807) is 12.3 Å². The number of aromatic carboxylic acids is 1. The maximum Gasteiger partial charge on any atom is 0.358 e. The second-order valence-corrected chi connectivity index (χ2v) is 2.06.